The lowest BCUT2D eigenvalue weighted by Gasteiger charge is -2.20. The maximum atomic E-state index is 5.63. The van der Waals surface area contributed by atoms with Crippen LogP contribution in [-0.4, -0.2) is 19.5 Å². The summed E-state index contributed by atoms with van der Waals surface area (Å²) >= 11 is 0. The Morgan fingerprint density at radius 2 is 1.93 bits per heavy atom. The SMILES string of the molecule is Cc1nc(N)nc2c1ncn2C(C)(C)C. The molecule has 0 amide bonds. The van der Waals surface area contributed by atoms with Gasteiger partial charge >= 0.3 is 0 Å². The van der Waals surface area contributed by atoms with E-state index in [-0.39, 0.29) is 5.54 Å². The van der Waals surface area contributed by atoms with Gasteiger partial charge in [-0.15, -0.1) is 0 Å². The summed E-state index contributed by atoms with van der Waals surface area (Å²) in [5.41, 5.74) is 8.02. The lowest BCUT2D eigenvalue weighted by Crippen LogP contribution is -2.21. The highest BCUT2D eigenvalue weighted by Gasteiger charge is 2.18. The normalized spacial score (nSPS) is 12.3. The maximum Gasteiger partial charge on any atom is 0.222 e. The molecular formula is C10H15N5. The number of anilines is 1. The van der Waals surface area contributed by atoms with Crippen molar-refractivity contribution in [3.63, 3.8) is 0 Å². The molecule has 2 rings (SSSR count). The highest BCUT2D eigenvalue weighted by atomic mass is 15.2. The number of hydrogen-bond donors (Lipinski definition) is 1. The minimum absolute atomic E-state index is 0.0536. The molecule has 2 heterocycles. The van der Waals surface area contributed by atoms with Gasteiger partial charge in [0.1, 0.15) is 5.52 Å². The number of aromatic nitrogens is 4. The van der Waals surface area contributed by atoms with E-state index in [0.717, 1.165) is 16.9 Å². The predicted octanol–water partition coefficient (Wildman–Crippen LogP) is 1.47. The van der Waals surface area contributed by atoms with Crippen molar-refractivity contribution in [1.29, 1.82) is 0 Å². The largest absolute Gasteiger partial charge is 0.368 e. The topological polar surface area (TPSA) is 69.6 Å². The quantitative estimate of drug-likeness (QED) is 0.707. The molecule has 0 unspecified atom stereocenters. The molecule has 0 aliphatic rings. The first-order chi connectivity index (χ1) is 6.89. The van der Waals surface area contributed by atoms with Crippen molar-refractivity contribution in [2.24, 2.45) is 0 Å². The summed E-state index contributed by atoms with van der Waals surface area (Å²) in [6.45, 7) is 8.19. The van der Waals surface area contributed by atoms with E-state index in [0.29, 0.717) is 5.95 Å². The van der Waals surface area contributed by atoms with Crippen molar-refractivity contribution in [1.82, 2.24) is 19.5 Å². The van der Waals surface area contributed by atoms with Crippen LogP contribution in [0, 0.1) is 6.92 Å². The summed E-state index contributed by atoms with van der Waals surface area (Å²) in [4.78, 5) is 12.6. The van der Waals surface area contributed by atoms with Crippen LogP contribution in [-0.2, 0) is 5.54 Å². The monoisotopic (exact) mass is 205 g/mol. The molecule has 5 heteroatoms. The first-order valence-electron chi connectivity index (χ1n) is 4.87. The van der Waals surface area contributed by atoms with Crippen molar-refractivity contribution < 1.29 is 0 Å². The van der Waals surface area contributed by atoms with Crippen LogP contribution in [0.2, 0.25) is 0 Å². The second-order valence-corrected chi connectivity index (χ2v) is 4.62. The van der Waals surface area contributed by atoms with Gasteiger partial charge in [0.05, 0.1) is 12.0 Å². The molecule has 0 spiro atoms. The van der Waals surface area contributed by atoms with Crippen LogP contribution >= 0.6 is 0 Å². The van der Waals surface area contributed by atoms with Gasteiger partial charge in [-0.25, -0.2) is 9.97 Å². The van der Waals surface area contributed by atoms with E-state index in [2.05, 4.69) is 35.7 Å². The molecule has 0 fully saturated rings. The molecule has 0 atom stereocenters. The Morgan fingerprint density at radius 3 is 2.53 bits per heavy atom. The van der Waals surface area contributed by atoms with Crippen LogP contribution in [0.4, 0.5) is 5.95 Å². The van der Waals surface area contributed by atoms with E-state index in [1.54, 1.807) is 6.33 Å². The molecule has 2 N–H and O–H groups in total. The molecule has 5 nitrogen and oxygen atoms in total. The molecule has 0 radical (unpaired) electrons. The Kier molecular flexibility index (Phi) is 1.92. The van der Waals surface area contributed by atoms with Crippen LogP contribution in [0.1, 0.15) is 26.5 Å². The minimum atomic E-state index is -0.0536. The first-order valence-corrected chi connectivity index (χ1v) is 4.87. The summed E-state index contributed by atoms with van der Waals surface area (Å²) in [6, 6.07) is 0. The Hall–Kier alpha value is -1.65. The Morgan fingerprint density at radius 1 is 1.27 bits per heavy atom. The van der Waals surface area contributed by atoms with Crippen molar-refractivity contribution >= 4 is 17.1 Å². The standard InChI is InChI=1S/C10H15N5/c1-6-7-8(14-9(11)13-6)15(5-12-7)10(2,3)4/h5H,1-4H3,(H2,11,13,14). The molecule has 0 saturated heterocycles. The van der Waals surface area contributed by atoms with E-state index in [1.165, 1.54) is 0 Å². The fourth-order valence-electron chi connectivity index (χ4n) is 1.55. The zero-order chi connectivity index (χ0) is 11.2. The van der Waals surface area contributed by atoms with E-state index < -0.39 is 0 Å². The third-order valence-electron chi connectivity index (χ3n) is 2.31. The number of imidazole rings is 1. The number of nitrogens with two attached hydrogens (primary N) is 1. The van der Waals surface area contributed by atoms with Crippen molar-refractivity contribution in [3.8, 4) is 0 Å². The van der Waals surface area contributed by atoms with Crippen LogP contribution in [0.5, 0.6) is 0 Å². The highest BCUT2D eigenvalue weighted by molar-refractivity contribution is 5.74. The summed E-state index contributed by atoms with van der Waals surface area (Å²) in [5, 5.41) is 0. The number of nitrogens with zero attached hydrogens (tertiary/aromatic N) is 4. The molecule has 0 bridgehead atoms. The zero-order valence-corrected chi connectivity index (χ0v) is 9.44. The van der Waals surface area contributed by atoms with Gasteiger partial charge in [-0.2, -0.15) is 4.98 Å². The lowest BCUT2D eigenvalue weighted by molar-refractivity contribution is 0.406. The van der Waals surface area contributed by atoms with E-state index in [9.17, 15) is 0 Å². The first kappa shape index (κ1) is 9.89. The van der Waals surface area contributed by atoms with Gasteiger partial charge in [0.15, 0.2) is 5.65 Å². The molecule has 2 aromatic heterocycles. The third kappa shape index (κ3) is 1.54. The molecule has 80 valence electrons. The third-order valence-corrected chi connectivity index (χ3v) is 2.31. The van der Waals surface area contributed by atoms with E-state index >= 15 is 0 Å². The molecule has 0 aromatic carbocycles. The van der Waals surface area contributed by atoms with Gasteiger partial charge in [0.2, 0.25) is 5.95 Å². The molecule has 0 aliphatic heterocycles. The van der Waals surface area contributed by atoms with Crippen molar-refractivity contribution in [2.75, 3.05) is 5.73 Å². The number of rotatable bonds is 0. The summed E-state index contributed by atoms with van der Waals surface area (Å²) < 4.78 is 2.01. The van der Waals surface area contributed by atoms with Crippen LogP contribution in [0.25, 0.3) is 11.2 Å². The molecule has 2 aromatic rings. The second kappa shape index (κ2) is 2.92. The smallest absolute Gasteiger partial charge is 0.222 e. The minimum Gasteiger partial charge on any atom is -0.368 e. The summed E-state index contributed by atoms with van der Waals surface area (Å²) in [7, 11) is 0. The fraction of sp³-hybridized carbons (Fsp3) is 0.500. The van der Waals surface area contributed by atoms with E-state index in [4.69, 9.17) is 5.73 Å². The van der Waals surface area contributed by atoms with Crippen LogP contribution in [0.15, 0.2) is 6.33 Å². The lowest BCUT2D eigenvalue weighted by atomic mass is 10.1. The number of nitrogen functional groups attached to an aromatic ring is 1. The average molecular weight is 205 g/mol. The second-order valence-electron chi connectivity index (χ2n) is 4.62. The zero-order valence-electron chi connectivity index (χ0n) is 9.44. The van der Waals surface area contributed by atoms with Gasteiger partial charge in [0.25, 0.3) is 0 Å². The summed E-state index contributed by atoms with van der Waals surface area (Å²) in [5.74, 6) is 0.297. The Balaban J connectivity index is 2.80. The molecule has 15 heavy (non-hydrogen) atoms. The average Bonchev–Trinajstić information content (AvgIpc) is 2.45. The van der Waals surface area contributed by atoms with Gasteiger partial charge in [-0.05, 0) is 27.7 Å². The number of hydrogen-bond acceptors (Lipinski definition) is 4. The van der Waals surface area contributed by atoms with Crippen molar-refractivity contribution in [2.45, 2.75) is 33.2 Å². The molecule has 0 saturated carbocycles. The van der Waals surface area contributed by atoms with Gasteiger partial charge < -0.3 is 10.3 Å². The van der Waals surface area contributed by atoms with Crippen LogP contribution in [0.3, 0.4) is 0 Å². The van der Waals surface area contributed by atoms with Gasteiger partial charge in [0, 0.05) is 5.54 Å². The van der Waals surface area contributed by atoms with E-state index in [1.807, 2.05) is 11.5 Å². The summed E-state index contributed by atoms with van der Waals surface area (Å²) in [6.07, 6.45) is 1.78. The van der Waals surface area contributed by atoms with Gasteiger partial charge in [-0.3, -0.25) is 0 Å². The molecular weight excluding hydrogens is 190 g/mol. The number of aryl methyl sites for hydroxylation is 1. The number of fused-ring (bicyclic) bond motifs is 1. The fourth-order valence-corrected chi connectivity index (χ4v) is 1.55. The van der Waals surface area contributed by atoms with Gasteiger partial charge in [-0.1, -0.05) is 0 Å². The maximum absolute atomic E-state index is 5.63. The molecule has 0 aliphatic carbocycles. The predicted molar refractivity (Wildman–Crippen MR) is 59.5 cm³/mol. The Labute approximate surface area is 88.4 Å². The highest BCUT2D eigenvalue weighted by Crippen LogP contribution is 2.21. The van der Waals surface area contributed by atoms with Crippen molar-refractivity contribution in [3.05, 3.63) is 12.0 Å². The Bertz CT molecular complexity index is 506. The van der Waals surface area contributed by atoms with Crippen LogP contribution < -0.4 is 5.73 Å².